The Balaban J connectivity index is 2.14. The number of rotatable bonds is 3. The number of aliphatic hydroxyl groups is 1. The lowest BCUT2D eigenvalue weighted by Gasteiger charge is -2.07. The van der Waals surface area contributed by atoms with Crippen molar-refractivity contribution >= 4 is 22.7 Å². The quantitative estimate of drug-likeness (QED) is 0.737. The summed E-state index contributed by atoms with van der Waals surface area (Å²) in [5.74, 6) is 7.03. The molecule has 5 nitrogen and oxygen atoms in total. The Labute approximate surface area is 143 Å². The first-order chi connectivity index (χ1) is 11.7. The van der Waals surface area contributed by atoms with Crippen LogP contribution in [0.2, 0.25) is 5.02 Å². The minimum Gasteiger partial charge on any atom is -0.493 e. The molecule has 6 heteroatoms. The van der Waals surface area contributed by atoms with Gasteiger partial charge in [-0.15, -0.1) is 0 Å². The molecule has 3 aromatic rings. The monoisotopic (exact) mass is 343 g/mol. The summed E-state index contributed by atoms with van der Waals surface area (Å²) in [5, 5.41) is 9.38. The van der Waals surface area contributed by atoms with Gasteiger partial charge in [0.05, 0.1) is 19.8 Å². The van der Waals surface area contributed by atoms with Gasteiger partial charge in [0.1, 0.15) is 12.1 Å². The van der Waals surface area contributed by atoms with Crippen LogP contribution >= 0.6 is 11.6 Å². The van der Waals surface area contributed by atoms with E-state index in [0.29, 0.717) is 39.1 Å². The van der Waals surface area contributed by atoms with Gasteiger partial charge in [-0.05, 0) is 30.3 Å². The van der Waals surface area contributed by atoms with Crippen molar-refractivity contribution in [1.29, 1.82) is 0 Å². The number of benzene rings is 2. The SMILES string of the molecule is COc1ccc(-c2nc3cc(Cl)cc(C#CCO)c3o2)cc1OC. The third kappa shape index (κ3) is 3.02. The summed E-state index contributed by atoms with van der Waals surface area (Å²) in [6, 6.07) is 8.77. The number of oxazole rings is 1. The van der Waals surface area contributed by atoms with Crippen molar-refractivity contribution in [3.8, 4) is 34.8 Å². The molecular formula is C18H14ClNO4. The van der Waals surface area contributed by atoms with Gasteiger partial charge in [0.25, 0.3) is 0 Å². The maximum absolute atomic E-state index is 8.88. The summed E-state index contributed by atoms with van der Waals surface area (Å²) >= 11 is 6.10. The first kappa shape index (κ1) is 16.2. The molecule has 0 aliphatic rings. The summed E-state index contributed by atoms with van der Waals surface area (Å²) in [5.41, 5.74) is 2.42. The molecule has 0 aliphatic carbocycles. The van der Waals surface area contributed by atoms with Crippen LogP contribution in [0, 0.1) is 11.8 Å². The summed E-state index contributed by atoms with van der Waals surface area (Å²) in [4.78, 5) is 4.47. The number of methoxy groups -OCH3 is 2. The number of fused-ring (bicyclic) bond motifs is 1. The maximum Gasteiger partial charge on any atom is 0.227 e. The van der Waals surface area contributed by atoms with Crippen molar-refractivity contribution in [2.45, 2.75) is 0 Å². The lowest BCUT2D eigenvalue weighted by Crippen LogP contribution is -1.90. The number of hydrogen-bond acceptors (Lipinski definition) is 5. The third-order valence-electron chi connectivity index (χ3n) is 3.39. The normalized spacial score (nSPS) is 10.3. The van der Waals surface area contributed by atoms with Gasteiger partial charge in [-0.3, -0.25) is 0 Å². The molecule has 1 N–H and O–H groups in total. The fourth-order valence-electron chi connectivity index (χ4n) is 2.32. The van der Waals surface area contributed by atoms with Crippen LogP contribution in [-0.4, -0.2) is 30.9 Å². The molecule has 0 atom stereocenters. The van der Waals surface area contributed by atoms with Crippen molar-refractivity contribution in [2.24, 2.45) is 0 Å². The van der Waals surface area contributed by atoms with E-state index in [4.69, 9.17) is 30.6 Å². The number of hydrogen-bond donors (Lipinski definition) is 1. The van der Waals surface area contributed by atoms with Gasteiger partial charge in [-0.1, -0.05) is 23.4 Å². The summed E-state index contributed by atoms with van der Waals surface area (Å²) in [7, 11) is 3.14. The van der Waals surface area contributed by atoms with Crippen LogP contribution in [0.1, 0.15) is 5.56 Å². The molecule has 0 saturated heterocycles. The zero-order chi connectivity index (χ0) is 17.1. The summed E-state index contributed by atoms with van der Waals surface area (Å²) < 4.78 is 16.4. The number of halogens is 1. The van der Waals surface area contributed by atoms with E-state index in [-0.39, 0.29) is 6.61 Å². The molecule has 122 valence electrons. The van der Waals surface area contributed by atoms with Gasteiger partial charge < -0.3 is 19.0 Å². The summed E-state index contributed by atoms with van der Waals surface area (Å²) in [6.45, 7) is -0.245. The molecule has 1 heterocycles. The first-order valence-corrected chi connectivity index (χ1v) is 7.46. The highest BCUT2D eigenvalue weighted by Gasteiger charge is 2.14. The van der Waals surface area contributed by atoms with Crippen LogP contribution in [-0.2, 0) is 0 Å². The highest BCUT2D eigenvalue weighted by Crippen LogP contribution is 2.34. The minimum absolute atomic E-state index is 0.245. The Morgan fingerprint density at radius 2 is 1.96 bits per heavy atom. The van der Waals surface area contributed by atoms with Gasteiger partial charge in [0.2, 0.25) is 5.89 Å². The van der Waals surface area contributed by atoms with Gasteiger partial charge in [-0.2, -0.15) is 0 Å². The minimum atomic E-state index is -0.245. The van der Waals surface area contributed by atoms with E-state index in [1.165, 1.54) is 0 Å². The lowest BCUT2D eigenvalue weighted by molar-refractivity contribution is 0.350. The van der Waals surface area contributed by atoms with Crippen LogP contribution in [0.4, 0.5) is 0 Å². The van der Waals surface area contributed by atoms with Crippen molar-refractivity contribution < 1.29 is 19.0 Å². The predicted molar refractivity (Wildman–Crippen MR) is 91.5 cm³/mol. The van der Waals surface area contributed by atoms with Crippen molar-refractivity contribution in [3.05, 3.63) is 40.9 Å². The molecule has 0 unspecified atom stereocenters. The topological polar surface area (TPSA) is 64.7 Å². The molecule has 0 amide bonds. The number of aliphatic hydroxyl groups excluding tert-OH is 1. The van der Waals surface area contributed by atoms with Crippen LogP contribution in [0.15, 0.2) is 34.7 Å². The Morgan fingerprint density at radius 3 is 2.67 bits per heavy atom. The van der Waals surface area contributed by atoms with Gasteiger partial charge in [0, 0.05) is 10.6 Å². The second-order valence-corrected chi connectivity index (χ2v) is 5.29. The average molecular weight is 344 g/mol. The van der Waals surface area contributed by atoms with Crippen molar-refractivity contribution in [2.75, 3.05) is 20.8 Å². The fourth-order valence-corrected chi connectivity index (χ4v) is 2.53. The van der Waals surface area contributed by atoms with Gasteiger partial charge >= 0.3 is 0 Å². The van der Waals surface area contributed by atoms with Crippen LogP contribution in [0.3, 0.4) is 0 Å². The molecular weight excluding hydrogens is 330 g/mol. The van der Waals surface area contributed by atoms with Crippen LogP contribution in [0.25, 0.3) is 22.6 Å². The molecule has 0 fully saturated rings. The first-order valence-electron chi connectivity index (χ1n) is 7.08. The number of nitrogens with zero attached hydrogens (tertiary/aromatic N) is 1. The van der Waals surface area contributed by atoms with Gasteiger partial charge in [0.15, 0.2) is 17.1 Å². The standard InChI is InChI=1S/C18H14ClNO4/c1-22-15-6-5-12(9-16(15)23-2)18-20-14-10-13(19)8-11(4-3-7-21)17(14)24-18/h5-6,8-10,21H,7H2,1-2H3. The molecule has 2 aromatic carbocycles. The lowest BCUT2D eigenvalue weighted by atomic mass is 10.2. The molecule has 0 bridgehead atoms. The van der Waals surface area contributed by atoms with E-state index in [9.17, 15) is 0 Å². The number of aromatic nitrogens is 1. The van der Waals surface area contributed by atoms with E-state index in [0.717, 1.165) is 5.56 Å². The van der Waals surface area contributed by atoms with E-state index < -0.39 is 0 Å². The molecule has 0 spiro atoms. The van der Waals surface area contributed by atoms with E-state index in [1.807, 2.05) is 6.07 Å². The summed E-state index contributed by atoms with van der Waals surface area (Å²) in [6.07, 6.45) is 0. The molecule has 0 aliphatic heterocycles. The Morgan fingerprint density at radius 1 is 1.17 bits per heavy atom. The second kappa shape index (κ2) is 6.83. The maximum atomic E-state index is 8.88. The van der Waals surface area contributed by atoms with Crippen molar-refractivity contribution in [1.82, 2.24) is 4.98 Å². The highest BCUT2D eigenvalue weighted by molar-refractivity contribution is 6.31. The largest absolute Gasteiger partial charge is 0.493 e. The van der Waals surface area contributed by atoms with E-state index in [2.05, 4.69) is 16.8 Å². The zero-order valence-corrected chi connectivity index (χ0v) is 13.8. The van der Waals surface area contributed by atoms with Crippen LogP contribution in [0.5, 0.6) is 11.5 Å². The van der Waals surface area contributed by atoms with Crippen molar-refractivity contribution in [3.63, 3.8) is 0 Å². The van der Waals surface area contributed by atoms with Crippen LogP contribution < -0.4 is 9.47 Å². The second-order valence-electron chi connectivity index (χ2n) is 4.85. The Bertz CT molecular complexity index is 953. The zero-order valence-electron chi connectivity index (χ0n) is 13.1. The number of ether oxygens (including phenoxy) is 2. The smallest absolute Gasteiger partial charge is 0.227 e. The molecule has 0 saturated carbocycles. The average Bonchev–Trinajstić information content (AvgIpc) is 3.02. The van der Waals surface area contributed by atoms with E-state index in [1.54, 1.807) is 38.5 Å². The fraction of sp³-hybridized carbons (Fsp3) is 0.167. The third-order valence-corrected chi connectivity index (χ3v) is 3.61. The molecule has 1 aromatic heterocycles. The Kier molecular flexibility index (Phi) is 4.61. The molecule has 3 rings (SSSR count). The molecule has 0 radical (unpaired) electrons. The predicted octanol–water partition coefficient (Wildman–Crippen LogP) is 3.51. The molecule has 24 heavy (non-hydrogen) atoms. The highest BCUT2D eigenvalue weighted by atomic mass is 35.5. The van der Waals surface area contributed by atoms with E-state index >= 15 is 0 Å². The Hall–Kier alpha value is -2.68. The van der Waals surface area contributed by atoms with Gasteiger partial charge in [-0.25, -0.2) is 4.98 Å².